The molecule has 2 aromatic heterocycles. The standard InChI is InChI=1S/C14H11N3O3/c1-20-13-5-3-2-4-10(13)11-6-9-7-15-16-17(9)8-12(11)14(18)19/h2-8H,1H3,(H,18,19). The van der Waals surface area contributed by atoms with Crippen LogP contribution in [0.2, 0.25) is 0 Å². The summed E-state index contributed by atoms with van der Waals surface area (Å²) in [6.45, 7) is 0. The van der Waals surface area contributed by atoms with Gasteiger partial charge in [-0.05, 0) is 12.1 Å². The highest BCUT2D eigenvalue weighted by Crippen LogP contribution is 2.32. The summed E-state index contributed by atoms with van der Waals surface area (Å²) in [5.41, 5.74) is 2.16. The van der Waals surface area contributed by atoms with Crippen LogP contribution in [0.3, 0.4) is 0 Å². The van der Waals surface area contributed by atoms with Crippen LogP contribution in [-0.2, 0) is 0 Å². The lowest BCUT2D eigenvalue weighted by Gasteiger charge is -2.11. The number of carbonyl (C=O) groups is 1. The summed E-state index contributed by atoms with van der Waals surface area (Å²) >= 11 is 0. The molecule has 20 heavy (non-hydrogen) atoms. The molecule has 0 atom stereocenters. The maximum atomic E-state index is 11.5. The van der Waals surface area contributed by atoms with Gasteiger partial charge in [0.05, 0.1) is 24.4 Å². The van der Waals surface area contributed by atoms with Gasteiger partial charge in [-0.1, -0.05) is 23.4 Å². The molecule has 6 nitrogen and oxygen atoms in total. The molecule has 0 saturated heterocycles. The number of aromatic carboxylic acids is 1. The van der Waals surface area contributed by atoms with Crippen LogP contribution in [0.4, 0.5) is 0 Å². The van der Waals surface area contributed by atoms with Crippen LogP contribution in [0, 0.1) is 0 Å². The summed E-state index contributed by atoms with van der Waals surface area (Å²) in [6, 6.07) is 9.02. The Morgan fingerprint density at radius 3 is 2.85 bits per heavy atom. The predicted molar refractivity (Wildman–Crippen MR) is 71.9 cm³/mol. The van der Waals surface area contributed by atoms with E-state index in [2.05, 4.69) is 10.3 Å². The van der Waals surface area contributed by atoms with E-state index in [1.807, 2.05) is 18.2 Å². The highest BCUT2D eigenvalue weighted by molar-refractivity contribution is 5.97. The largest absolute Gasteiger partial charge is 0.496 e. The van der Waals surface area contributed by atoms with Gasteiger partial charge in [-0.3, -0.25) is 0 Å². The van der Waals surface area contributed by atoms with Gasteiger partial charge in [0.25, 0.3) is 0 Å². The van der Waals surface area contributed by atoms with Gasteiger partial charge in [-0.2, -0.15) is 0 Å². The first-order valence-corrected chi connectivity index (χ1v) is 5.91. The van der Waals surface area contributed by atoms with Gasteiger partial charge in [0.2, 0.25) is 0 Å². The van der Waals surface area contributed by atoms with E-state index in [0.29, 0.717) is 11.3 Å². The fourth-order valence-corrected chi connectivity index (χ4v) is 2.13. The molecule has 0 radical (unpaired) electrons. The number of carboxylic acids is 1. The number of hydrogen-bond donors (Lipinski definition) is 1. The van der Waals surface area contributed by atoms with Crippen LogP contribution in [0.25, 0.3) is 16.6 Å². The summed E-state index contributed by atoms with van der Waals surface area (Å²) in [5, 5.41) is 17.0. The van der Waals surface area contributed by atoms with Crippen molar-refractivity contribution in [2.24, 2.45) is 0 Å². The van der Waals surface area contributed by atoms with Crippen LogP contribution < -0.4 is 4.74 Å². The fourth-order valence-electron chi connectivity index (χ4n) is 2.13. The van der Waals surface area contributed by atoms with E-state index < -0.39 is 5.97 Å². The molecule has 0 aliphatic rings. The zero-order chi connectivity index (χ0) is 14.1. The van der Waals surface area contributed by atoms with Crippen molar-refractivity contribution in [3.05, 3.63) is 48.3 Å². The summed E-state index contributed by atoms with van der Waals surface area (Å²) in [7, 11) is 1.55. The number of aromatic nitrogens is 3. The van der Waals surface area contributed by atoms with Gasteiger partial charge in [-0.15, -0.1) is 5.10 Å². The second-order valence-electron chi connectivity index (χ2n) is 4.21. The molecule has 1 N–H and O–H groups in total. The molecule has 0 aliphatic carbocycles. The normalized spacial score (nSPS) is 10.7. The molecule has 3 rings (SSSR count). The number of benzene rings is 1. The van der Waals surface area contributed by atoms with Crippen LogP contribution >= 0.6 is 0 Å². The van der Waals surface area contributed by atoms with E-state index in [9.17, 15) is 9.90 Å². The molecule has 0 aliphatic heterocycles. The van der Waals surface area contributed by atoms with E-state index in [4.69, 9.17) is 4.74 Å². The molecule has 2 heterocycles. The Bertz CT molecular complexity index is 795. The lowest BCUT2D eigenvalue weighted by Crippen LogP contribution is -2.03. The van der Waals surface area contributed by atoms with E-state index in [1.54, 1.807) is 25.4 Å². The molecule has 0 unspecified atom stereocenters. The summed E-state index contributed by atoms with van der Waals surface area (Å²) in [4.78, 5) is 11.5. The number of methoxy groups -OCH3 is 1. The van der Waals surface area contributed by atoms with E-state index in [1.165, 1.54) is 10.7 Å². The Morgan fingerprint density at radius 1 is 1.30 bits per heavy atom. The Morgan fingerprint density at radius 2 is 2.10 bits per heavy atom. The summed E-state index contributed by atoms with van der Waals surface area (Å²) in [6.07, 6.45) is 3.02. The molecule has 0 saturated carbocycles. The quantitative estimate of drug-likeness (QED) is 0.788. The monoisotopic (exact) mass is 269 g/mol. The van der Waals surface area contributed by atoms with Crippen LogP contribution in [0.15, 0.2) is 42.7 Å². The third-order valence-electron chi connectivity index (χ3n) is 3.06. The lowest BCUT2D eigenvalue weighted by molar-refractivity contribution is 0.0697. The molecule has 3 aromatic rings. The van der Waals surface area contributed by atoms with Crippen LogP contribution in [0.1, 0.15) is 10.4 Å². The molecule has 0 bridgehead atoms. The Kier molecular flexibility index (Phi) is 2.83. The zero-order valence-electron chi connectivity index (χ0n) is 10.6. The van der Waals surface area contributed by atoms with E-state index in [-0.39, 0.29) is 5.56 Å². The Labute approximate surface area is 114 Å². The number of hydrogen-bond acceptors (Lipinski definition) is 4. The highest BCUT2D eigenvalue weighted by Gasteiger charge is 2.16. The number of nitrogens with zero attached hydrogens (tertiary/aromatic N) is 3. The van der Waals surface area contributed by atoms with Gasteiger partial charge in [-0.25, -0.2) is 9.31 Å². The smallest absolute Gasteiger partial charge is 0.337 e. The summed E-state index contributed by atoms with van der Waals surface area (Å²) < 4.78 is 6.73. The number of carboxylic acid groups (broad SMARTS) is 1. The van der Waals surface area contributed by atoms with Crippen molar-refractivity contribution in [3.63, 3.8) is 0 Å². The zero-order valence-corrected chi connectivity index (χ0v) is 10.6. The van der Waals surface area contributed by atoms with Gasteiger partial charge >= 0.3 is 5.97 Å². The van der Waals surface area contributed by atoms with Gasteiger partial charge in [0, 0.05) is 17.3 Å². The number of ether oxygens (including phenoxy) is 1. The second-order valence-corrected chi connectivity index (χ2v) is 4.21. The first-order valence-electron chi connectivity index (χ1n) is 5.91. The third-order valence-corrected chi connectivity index (χ3v) is 3.06. The molecule has 100 valence electrons. The molecular weight excluding hydrogens is 258 g/mol. The second kappa shape index (κ2) is 4.65. The van der Waals surface area contributed by atoms with Crippen molar-refractivity contribution >= 4 is 11.5 Å². The van der Waals surface area contributed by atoms with E-state index in [0.717, 1.165) is 11.1 Å². The first-order chi connectivity index (χ1) is 9.70. The number of rotatable bonds is 3. The molecule has 0 amide bonds. The number of pyridine rings is 1. The summed E-state index contributed by atoms with van der Waals surface area (Å²) in [5.74, 6) is -0.407. The number of fused-ring (bicyclic) bond motifs is 1. The minimum absolute atomic E-state index is 0.146. The van der Waals surface area contributed by atoms with Gasteiger partial charge in [0.15, 0.2) is 0 Å². The SMILES string of the molecule is COc1ccccc1-c1cc2cnnn2cc1C(=O)O. The van der Waals surface area contributed by atoms with Crippen LogP contribution in [0.5, 0.6) is 5.75 Å². The highest BCUT2D eigenvalue weighted by atomic mass is 16.5. The van der Waals surface area contributed by atoms with E-state index >= 15 is 0 Å². The Hall–Kier alpha value is -2.89. The minimum Gasteiger partial charge on any atom is -0.496 e. The lowest BCUT2D eigenvalue weighted by atomic mass is 10.0. The van der Waals surface area contributed by atoms with Gasteiger partial charge in [0.1, 0.15) is 5.75 Å². The molecule has 0 fully saturated rings. The number of para-hydroxylation sites is 1. The average molecular weight is 269 g/mol. The first kappa shape index (κ1) is 12.2. The minimum atomic E-state index is -1.02. The third kappa shape index (κ3) is 1.87. The van der Waals surface area contributed by atoms with Gasteiger partial charge < -0.3 is 9.84 Å². The van der Waals surface area contributed by atoms with Crippen molar-refractivity contribution in [1.29, 1.82) is 0 Å². The maximum Gasteiger partial charge on any atom is 0.337 e. The maximum absolute atomic E-state index is 11.5. The molecular formula is C14H11N3O3. The van der Waals surface area contributed by atoms with Crippen molar-refractivity contribution in [2.45, 2.75) is 0 Å². The van der Waals surface area contributed by atoms with Crippen LogP contribution in [-0.4, -0.2) is 33.0 Å². The molecule has 0 spiro atoms. The molecule has 1 aromatic carbocycles. The van der Waals surface area contributed by atoms with Crippen molar-refractivity contribution in [2.75, 3.05) is 7.11 Å². The Balaban J connectivity index is 2.33. The predicted octanol–water partition coefficient (Wildman–Crippen LogP) is 2.10. The van der Waals surface area contributed by atoms with Crippen molar-refractivity contribution in [3.8, 4) is 16.9 Å². The average Bonchev–Trinajstić information content (AvgIpc) is 2.93. The van der Waals surface area contributed by atoms with Crippen molar-refractivity contribution < 1.29 is 14.6 Å². The van der Waals surface area contributed by atoms with Crippen molar-refractivity contribution in [1.82, 2.24) is 14.8 Å². The topological polar surface area (TPSA) is 76.7 Å². The fraction of sp³-hybridized carbons (Fsp3) is 0.0714. The molecule has 6 heteroatoms.